The molecule has 4 heterocycles. The summed E-state index contributed by atoms with van der Waals surface area (Å²) in [5, 5.41) is 0.717. The summed E-state index contributed by atoms with van der Waals surface area (Å²) in [6.45, 7) is 7.11. The number of carbonyl (C=O) groups excluding carboxylic acids is 2. The molecule has 2 fully saturated rings. The molecule has 7 rings (SSSR count). The summed E-state index contributed by atoms with van der Waals surface area (Å²) < 4.78 is 51.8. The largest absolute Gasteiger partial charge is 0.445 e. The standard InChI is InChI=1S/C39H42F3N5O3/c1-23(2)24(3)38(48)45-15-7-10-29(45)21-47-35-14-12-27(41)18-34(35)44-37(47)36-32(31-13-11-26(40)17-33(31)43-36)19-30-16-28(42)20-46(30)39(49)50-22-25-8-5-4-6-9-25/h4-6,8-9,11-14,17-18,23-24,28-30,43H,7,10,15-16,19-22H2,1-3H3/t24-,28-,29-,30-/m0/s1. The summed E-state index contributed by atoms with van der Waals surface area (Å²) in [5.41, 5.74) is 3.81. The Labute approximate surface area is 289 Å². The number of hydrogen-bond acceptors (Lipinski definition) is 4. The Bertz CT molecular complexity index is 2030. The van der Waals surface area contributed by atoms with E-state index in [2.05, 4.69) is 4.98 Å². The molecule has 2 aromatic heterocycles. The second-order valence-electron chi connectivity index (χ2n) is 14.1. The van der Waals surface area contributed by atoms with Crippen molar-refractivity contribution < 1.29 is 27.5 Å². The van der Waals surface area contributed by atoms with E-state index in [9.17, 15) is 18.4 Å². The minimum atomic E-state index is -1.23. The van der Waals surface area contributed by atoms with E-state index in [0.29, 0.717) is 41.2 Å². The summed E-state index contributed by atoms with van der Waals surface area (Å²) in [6.07, 6.45) is 0.207. The van der Waals surface area contributed by atoms with Gasteiger partial charge in [0, 0.05) is 54.5 Å². The maximum Gasteiger partial charge on any atom is 0.410 e. The zero-order valence-corrected chi connectivity index (χ0v) is 28.5. The number of halogens is 3. The van der Waals surface area contributed by atoms with Crippen molar-refractivity contribution in [3.8, 4) is 11.5 Å². The lowest BCUT2D eigenvalue weighted by Gasteiger charge is -2.30. The average molecular weight is 686 g/mol. The number of benzene rings is 3. The highest BCUT2D eigenvalue weighted by Gasteiger charge is 2.38. The number of rotatable bonds is 9. The van der Waals surface area contributed by atoms with Crippen LogP contribution in [0.3, 0.4) is 0 Å². The van der Waals surface area contributed by atoms with Gasteiger partial charge in [0.15, 0.2) is 5.82 Å². The number of nitrogens with zero attached hydrogens (tertiary/aromatic N) is 4. The molecule has 8 nitrogen and oxygen atoms in total. The van der Waals surface area contributed by atoms with Crippen molar-refractivity contribution >= 4 is 33.9 Å². The van der Waals surface area contributed by atoms with Gasteiger partial charge in [0.1, 0.15) is 24.4 Å². The highest BCUT2D eigenvalue weighted by atomic mass is 19.1. The average Bonchev–Trinajstić information content (AvgIpc) is 3.88. The first-order chi connectivity index (χ1) is 24.1. The number of ether oxygens (including phenoxy) is 1. The van der Waals surface area contributed by atoms with Gasteiger partial charge in [-0.1, -0.05) is 51.1 Å². The van der Waals surface area contributed by atoms with Crippen LogP contribution in [-0.2, 0) is 29.1 Å². The number of amides is 2. The molecule has 0 saturated carbocycles. The fourth-order valence-electron chi connectivity index (χ4n) is 7.50. The highest BCUT2D eigenvalue weighted by Crippen LogP contribution is 2.37. The molecule has 0 bridgehead atoms. The van der Waals surface area contributed by atoms with E-state index in [1.54, 1.807) is 12.1 Å². The van der Waals surface area contributed by atoms with E-state index in [-0.39, 0.29) is 49.8 Å². The third-order valence-electron chi connectivity index (χ3n) is 10.5. The minimum absolute atomic E-state index is 0.0642. The van der Waals surface area contributed by atoms with Crippen LogP contribution in [0.5, 0.6) is 0 Å². The second kappa shape index (κ2) is 13.8. The molecule has 0 spiro atoms. The third-order valence-corrected chi connectivity index (χ3v) is 10.5. The zero-order valence-electron chi connectivity index (χ0n) is 28.5. The number of fused-ring (bicyclic) bond motifs is 2. The molecule has 2 aliphatic heterocycles. The van der Waals surface area contributed by atoms with Crippen LogP contribution < -0.4 is 0 Å². The van der Waals surface area contributed by atoms with E-state index >= 15 is 4.39 Å². The molecule has 2 saturated heterocycles. The Morgan fingerprint density at radius 2 is 1.74 bits per heavy atom. The first-order valence-corrected chi connectivity index (χ1v) is 17.5. The number of nitrogens with one attached hydrogen (secondary N) is 1. The van der Waals surface area contributed by atoms with Crippen molar-refractivity contribution in [2.75, 3.05) is 13.1 Å². The number of alkyl halides is 1. The Morgan fingerprint density at radius 1 is 0.980 bits per heavy atom. The monoisotopic (exact) mass is 685 g/mol. The maximum atomic E-state index is 15.1. The predicted octanol–water partition coefficient (Wildman–Crippen LogP) is 8.04. The van der Waals surface area contributed by atoms with Gasteiger partial charge in [-0.2, -0.15) is 0 Å². The summed E-state index contributed by atoms with van der Waals surface area (Å²) in [7, 11) is 0. The van der Waals surface area contributed by atoms with Gasteiger partial charge in [0.2, 0.25) is 5.91 Å². The van der Waals surface area contributed by atoms with Gasteiger partial charge in [-0.05, 0) is 66.6 Å². The molecule has 0 radical (unpaired) electrons. The van der Waals surface area contributed by atoms with Gasteiger partial charge in [0.05, 0.1) is 23.3 Å². The number of imidazole rings is 1. The Hall–Kier alpha value is -4.80. The molecule has 50 heavy (non-hydrogen) atoms. The van der Waals surface area contributed by atoms with E-state index in [1.165, 1.54) is 29.2 Å². The summed E-state index contributed by atoms with van der Waals surface area (Å²) in [6, 6.07) is 17.6. The molecule has 262 valence electrons. The lowest BCUT2D eigenvalue weighted by atomic mass is 9.96. The van der Waals surface area contributed by atoms with Crippen molar-refractivity contribution in [3.05, 3.63) is 89.5 Å². The van der Waals surface area contributed by atoms with Crippen LogP contribution in [0.1, 0.15) is 51.2 Å². The fraction of sp³-hybridized carbons (Fsp3) is 0.410. The quantitative estimate of drug-likeness (QED) is 0.170. The summed E-state index contributed by atoms with van der Waals surface area (Å²) >= 11 is 0. The van der Waals surface area contributed by atoms with E-state index in [4.69, 9.17) is 9.72 Å². The normalized spacial score (nSPS) is 20.0. The molecule has 5 aromatic rings. The van der Waals surface area contributed by atoms with E-state index in [0.717, 1.165) is 29.4 Å². The topological polar surface area (TPSA) is 83.5 Å². The molecule has 0 aliphatic carbocycles. The van der Waals surface area contributed by atoms with Gasteiger partial charge in [0.25, 0.3) is 0 Å². The van der Waals surface area contributed by atoms with Crippen molar-refractivity contribution in [1.82, 2.24) is 24.3 Å². The Kier molecular flexibility index (Phi) is 9.32. The third kappa shape index (κ3) is 6.57. The fourth-order valence-corrected chi connectivity index (χ4v) is 7.50. The number of aromatic nitrogens is 3. The van der Waals surface area contributed by atoms with E-state index in [1.807, 2.05) is 60.6 Å². The van der Waals surface area contributed by atoms with Crippen molar-refractivity contribution in [2.45, 2.75) is 77.9 Å². The molecule has 4 atom stereocenters. The first-order valence-electron chi connectivity index (χ1n) is 17.5. The molecule has 1 N–H and O–H groups in total. The predicted molar refractivity (Wildman–Crippen MR) is 186 cm³/mol. The Balaban J connectivity index is 1.27. The minimum Gasteiger partial charge on any atom is -0.445 e. The van der Waals surface area contributed by atoms with Gasteiger partial charge in [-0.15, -0.1) is 0 Å². The van der Waals surface area contributed by atoms with Crippen LogP contribution in [0.25, 0.3) is 33.5 Å². The second-order valence-corrected chi connectivity index (χ2v) is 14.1. The molecule has 3 aromatic carbocycles. The highest BCUT2D eigenvalue weighted by molar-refractivity contribution is 5.92. The number of H-pyrrole nitrogens is 1. The van der Waals surface area contributed by atoms with Crippen LogP contribution in [0.2, 0.25) is 0 Å². The van der Waals surface area contributed by atoms with Crippen LogP contribution in [0, 0.1) is 23.5 Å². The van der Waals surface area contributed by atoms with E-state index < -0.39 is 29.9 Å². The van der Waals surface area contributed by atoms with Gasteiger partial charge in [-0.3, -0.25) is 4.79 Å². The van der Waals surface area contributed by atoms with Crippen molar-refractivity contribution in [1.29, 1.82) is 0 Å². The lowest BCUT2D eigenvalue weighted by Crippen LogP contribution is -2.42. The molecule has 2 aliphatic rings. The number of aromatic amines is 1. The van der Waals surface area contributed by atoms with Crippen LogP contribution in [0.15, 0.2) is 66.7 Å². The van der Waals surface area contributed by atoms with Crippen molar-refractivity contribution in [3.63, 3.8) is 0 Å². The van der Waals surface area contributed by atoms with Gasteiger partial charge < -0.3 is 24.1 Å². The number of hydrogen-bond donors (Lipinski definition) is 1. The number of likely N-dealkylation sites (tertiary alicyclic amines) is 2. The van der Waals surface area contributed by atoms with Crippen molar-refractivity contribution in [2.24, 2.45) is 11.8 Å². The van der Waals surface area contributed by atoms with Gasteiger partial charge in [-0.25, -0.2) is 22.9 Å². The molecular formula is C39H42F3N5O3. The summed E-state index contributed by atoms with van der Waals surface area (Å²) in [4.78, 5) is 38.6. The molecule has 2 amide bonds. The molecule has 0 unspecified atom stereocenters. The smallest absolute Gasteiger partial charge is 0.410 e. The summed E-state index contributed by atoms with van der Waals surface area (Å²) in [5.74, 6) is -0.181. The van der Waals surface area contributed by atoms with Gasteiger partial charge >= 0.3 is 6.09 Å². The lowest BCUT2D eigenvalue weighted by molar-refractivity contribution is -0.137. The Morgan fingerprint density at radius 3 is 2.52 bits per heavy atom. The molecular weight excluding hydrogens is 643 g/mol. The zero-order chi connectivity index (χ0) is 35.1. The van der Waals surface area contributed by atoms with Crippen LogP contribution >= 0.6 is 0 Å². The van der Waals surface area contributed by atoms with Crippen LogP contribution in [-0.4, -0.2) is 67.7 Å². The first kappa shape index (κ1) is 33.7. The number of carbonyl (C=O) groups is 2. The van der Waals surface area contributed by atoms with Crippen LogP contribution in [0.4, 0.5) is 18.0 Å². The maximum absolute atomic E-state index is 15.1. The molecule has 11 heteroatoms. The SMILES string of the molecule is CC(C)[C@H](C)C(=O)N1CCC[C@H]1Cn1c(-c2[nH]c3cc(F)ccc3c2C[C@@H]2C[C@H](F)CN2C(=O)OCc2ccccc2)nc2cc(F)ccc21.